The lowest BCUT2D eigenvalue weighted by molar-refractivity contribution is -0.362. The van der Waals surface area contributed by atoms with Crippen LogP contribution in [0.25, 0.3) is 0 Å². The molecule has 50 heavy (non-hydrogen) atoms. The molecule has 0 bridgehead atoms. The molecular weight excluding hydrogens is 661 g/mol. The summed E-state index contributed by atoms with van der Waals surface area (Å²) in [5, 5.41) is 26.5. The number of alkyl halides is 5. The highest BCUT2D eigenvalue weighted by Gasteiger charge is 2.79. The number of halogens is 5. The van der Waals surface area contributed by atoms with E-state index in [4.69, 9.17) is 14.2 Å². The zero-order chi connectivity index (χ0) is 36.5. The molecule has 12 heteroatoms. The number of allylic oxidation sites excluding steroid dienone is 1. The number of hydrogen-bond acceptors (Lipinski definition) is 6. The molecule has 7 nitrogen and oxygen atoms in total. The maximum atomic E-state index is 15.4. The van der Waals surface area contributed by atoms with Crippen LogP contribution >= 0.6 is 0 Å². The normalized spacial score (nSPS) is 34.7. The Bertz CT molecular complexity index is 1570. The Morgan fingerprint density at radius 2 is 1.68 bits per heavy atom. The molecule has 4 fully saturated rings. The van der Waals surface area contributed by atoms with E-state index in [1.54, 1.807) is 38.1 Å². The third-order valence-corrected chi connectivity index (χ3v) is 12.1. The summed E-state index contributed by atoms with van der Waals surface area (Å²) in [5.74, 6) is -2.24. The van der Waals surface area contributed by atoms with E-state index in [1.807, 2.05) is 13.8 Å². The molecule has 6 rings (SSSR count). The molecule has 3 saturated carbocycles. The number of aliphatic hydroxyl groups is 2. The van der Waals surface area contributed by atoms with Gasteiger partial charge in [0.2, 0.25) is 0 Å². The summed E-state index contributed by atoms with van der Waals surface area (Å²) in [5.41, 5.74) is -3.60. The Morgan fingerprint density at radius 1 is 1.02 bits per heavy atom. The molecule has 1 spiro atoms. The van der Waals surface area contributed by atoms with Crippen LogP contribution in [0.15, 0.2) is 35.4 Å². The molecule has 0 unspecified atom stereocenters. The fourth-order valence-electron chi connectivity index (χ4n) is 9.62. The number of carbonyl (C=O) groups is 1. The highest BCUT2D eigenvalue weighted by Crippen LogP contribution is 2.71. The van der Waals surface area contributed by atoms with Gasteiger partial charge in [-0.1, -0.05) is 50.3 Å². The summed E-state index contributed by atoms with van der Waals surface area (Å²) in [6, 6.07) is 6.92. The number of nitrogens with one attached hydrogen (secondary N) is 1. The van der Waals surface area contributed by atoms with Crippen molar-refractivity contribution < 1.29 is 51.2 Å². The minimum Gasteiger partial charge on any atom is -0.436 e. The Hall–Kier alpha value is -2.72. The molecule has 1 amide bonds. The largest absolute Gasteiger partial charge is 0.456 e. The number of benzene rings is 1. The number of rotatable bonds is 4. The van der Waals surface area contributed by atoms with Crippen LogP contribution in [0.2, 0.25) is 0 Å². The average molecular weight is 710 g/mol. The first kappa shape index (κ1) is 37.1. The van der Waals surface area contributed by atoms with Crippen LogP contribution in [0.4, 0.5) is 26.7 Å². The maximum absolute atomic E-state index is 15.4. The first-order valence-corrected chi connectivity index (χ1v) is 17.6. The SMILES string of the molecule is CC(C)NC(=O)OCC#Cc1ccc([C@H]2C[C@@]3(C)[C@@H](CC[C@@]3(O)C(F)(F)C(F)(F)F)[C@@H]3CC[C@@]4(O)CC5(CCC4=C32)OCC(C)(C)CO5)cc1. The van der Waals surface area contributed by atoms with Crippen molar-refractivity contribution in [3.05, 3.63) is 46.5 Å². The molecule has 1 aromatic carbocycles. The van der Waals surface area contributed by atoms with Crippen molar-refractivity contribution in [1.82, 2.24) is 5.32 Å². The zero-order valence-corrected chi connectivity index (χ0v) is 29.3. The fraction of sp³-hybridized carbons (Fsp3) is 0.711. The maximum Gasteiger partial charge on any atom is 0.456 e. The van der Waals surface area contributed by atoms with Crippen LogP contribution in [0, 0.1) is 34.5 Å². The van der Waals surface area contributed by atoms with E-state index in [0.717, 1.165) is 11.1 Å². The van der Waals surface area contributed by atoms with Gasteiger partial charge in [-0.2, -0.15) is 22.0 Å². The monoisotopic (exact) mass is 709 g/mol. The van der Waals surface area contributed by atoms with Crippen LogP contribution in [0.3, 0.4) is 0 Å². The second-order valence-corrected chi connectivity index (χ2v) is 16.5. The van der Waals surface area contributed by atoms with E-state index in [0.29, 0.717) is 43.6 Å². The molecule has 0 radical (unpaired) electrons. The predicted molar refractivity (Wildman–Crippen MR) is 174 cm³/mol. The Balaban J connectivity index is 1.37. The van der Waals surface area contributed by atoms with Crippen molar-refractivity contribution in [2.45, 2.75) is 127 Å². The molecule has 3 N–H and O–H groups in total. The lowest BCUT2D eigenvalue weighted by atomic mass is 9.49. The van der Waals surface area contributed by atoms with Gasteiger partial charge in [-0.15, -0.1) is 0 Å². The molecule has 6 atom stereocenters. The van der Waals surface area contributed by atoms with E-state index < -0.39 is 64.8 Å². The summed E-state index contributed by atoms with van der Waals surface area (Å²) in [6.45, 7) is 9.89. The van der Waals surface area contributed by atoms with E-state index in [9.17, 15) is 28.2 Å². The third-order valence-electron chi connectivity index (χ3n) is 12.1. The van der Waals surface area contributed by atoms with E-state index in [1.165, 1.54) is 6.92 Å². The van der Waals surface area contributed by atoms with Crippen molar-refractivity contribution in [2.24, 2.45) is 22.7 Å². The standard InChI is InChI=1S/C38H48F5NO6/c1-23(2)44-31(45)48-18-6-7-24-8-10-25(11-9-24)27-19-33(5)28(14-17-36(33,47)37(39,40)38(41,42)43)26-12-15-34(46)20-35(16-13-29(34)30(26)27)49-21-32(3,4)22-50-35/h8-11,23,26-28,46-47H,12-22H2,1-5H3,(H,44,45)/t26-,27+,28-,33-,34+,36-/m0/s1. The van der Waals surface area contributed by atoms with Crippen LogP contribution in [0.1, 0.15) is 103 Å². The van der Waals surface area contributed by atoms with Crippen LogP contribution in [-0.2, 0) is 14.2 Å². The molecular formula is C38H48F5NO6. The zero-order valence-electron chi connectivity index (χ0n) is 29.3. The van der Waals surface area contributed by atoms with Gasteiger partial charge in [-0.3, -0.25) is 0 Å². The Morgan fingerprint density at radius 3 is 2.30 bits per heavy atom. The number of hydrogen-bond donors (Lipinski definition) is 3. The summed E-state index contributed by atoms with van der Waals surface area (Å²) < 4.78 is 90.2. The van der Waals surface area contributed by atoms with Crippen molar-refractivity contribution in [3.63, 3.8) is 0 Å². The topological polar surface area (TPSA) is 97.3 Å². The summed E-state index contributed by atoms with van der Waals surface area (Å²) in [7, 11) is 0. The second-order valence-electron chi connectivity index (χ2n) is 16.5. The van der Waals surface area contributed by atoms with Gasteiger partial charge in [-0.05, 0) is 87.5 Å². The highest BCUT2D eigenvalue weighted by molar-refractivity contribution is 5.67. The summed E-state index contributed by atoms with van der Waals surface area (Å²) in [4.78, 5) is 11.7. The highest BCUT2D eigenvalue weighted by atomic mass is 19.4. The Kier molecular flexibility index (Phi) is 9.23. The summed E-state index contributed by atoms with van der Waals surface area (Å²) in [6.07, 6.45) is -5.56. The number of alkyl carbamates (subject to hydrolysis) is 1. The van der Waals surface area contributed by atoms with Crippen LogP contribution in [0.5, 0.6) is 0 Å². The Labute approximate surface area is 290 Å². The van der Waals surface area contributed by atoms with Gasteiger partial charge in [0.25, 0.3) is 0 Å². The van der Waals surface area contributed by atoms with Crippen molar-refractivity contribution in [1.29, 1.82) is 0 Å². The number of carbonyl (C=O) groups excluding carboxylic acids is 1. The van der Waals surface area contributed by atoms with Gasteiger partial charge < -0.3 is 29.7 Å². The number of ether oxygens (including phenoxy) is 3. The van der Waals surface area contributed by atoms with Crippen molar-refractivity contribution in [2.75, 3.05) is 19.8 Å². The molecule has 1 aliphatic heterocycles. The van der Waals surface area contributed by atoms with E-state index >= 15 is 8.78 Å². The molecule has 1 saturated heterocycles. The lowest BCUT2D eigenvalue weighted by Crippen LogP contribution is -2.65. The quantitative estimate of drug-likeness (QED) is 0.171. The molecule has 0 aromatic heterocycles. The van der Waals surface area contributed by atoms with Crippen molar-refractivity contribution >= 4 is 6.09 Å². The minimum absolute atomic E-state index is 0.0162. The van der Waals surface area contributed by atoms with Gasteiger partial charge in [0.15, 0.2) is 12.4 Å². The minimum atomic E-state index is -5.92. The lowest BCUT2D eigenvalue weighted by Gasteiger charge is -2.59. The molecule has 5 aliphatic rings. The van der Waals surface area contributed by atoms with E-state index in [2.05, 4.69) is 17.2 Å². The molecule has 276 valence electrons. The van der Waals surface area contributed by atoms with Crippen LogP contribution < -0.4 is 5.32 Å². The van der Waals surface area contributed by atoms with Gasteiger partial charge >= 0.3 is 18.2 Å². The first-order valence-electron chi connectivity index (χ1n) is 17.6. The van der Waals surface area contributed by atoms with Gasteiger partial charge in [0.05, 0.1) is 18.8 Å². The van der Waals surface area contributed by atoms with Crippen molar-refractivity contribution in [3.8, 4) is 11.8 Å². The van der Waals surface area contributed by atoms with Gasteiger partial charge in [0, 0.05) is 41.2 Å². The van der Waals surface area contributed by atoms with E-state index in [-0.39, 0.29) is 43.7 Å². The third kappa shape index (κ3) is 6.14. The smallest absolute Gasteiger partial charge is 0.436 e. The predicted octanol–water partition coefficient (Wildman–Crippen LogP) is 7.40. The second kappa shape index (κ2) is 12.5. The molecule has 1 heterocycles. The first-order chi connectivity index (χ1) is 23.2. The number of fused-ring (bicyclic) bond motifs is 4. The average Bonchev–Trinajstić information content (AvgIpc) is 3.31. The molecule has 4 aliphatic carbocycles. The fourth-order valence-corrected chi connectivity index (χ4v) is 9.62. The molecule has 1 aromatic rings. The van der Waals surface area contributed by atoms with Gasteiger partial charge in [-0.25, -0.2) is 4.79 Å². The van der Waals surface area contributed by atoms with Crippen LogP contribution in [-0.4, -0.2) is 71.3 Å². The van der Waals surface area contributed by atoms with Gasteiger partial charge in [0.1, 0.15) is 5.60 Å². The number of amides is 1. The summed E-state index contributed by atoms with van der Waals surface area (Å²) >= 11 is 0.